The molecule has 1 unspecified atom stereocenters. The summed E-state index contributed by atoms with van der Waals surface area (Å²) in [5.41, 5.74) is -0.808. The van der Waals surface area contributed by atoms with Gasteiger partial charge in [0.25, 0.3) is 0 Å². The van der Waals surface area contributed by atoms with Crippen LogP contribution in [0.4, 0.5) is 9.18 Å². The van der Waals surface area contributed by atoms with Gasteiger partial charge in [-0.2, -0.15) is 0 Å². The number of hydrogen-bond acceptors (Lipinski definition) is 3. The predicted molar refractivity (Wildman–Crippen MR) is 85.9 cm³/mol. The Morgan fingerprint density at radius 3 is 2.33 bits per heavy atom. The van der Waals surface area contributed by atoms with Crippen molar-refractivity contribution in [2.45, 2.75) is 44.2 Å². The number of rotatable bonds is 5. The van der Waals surface area contributed by atoms with E-state index in [9.17, 15) is 19.1 Å². The molecule has 1 aliphatic carbocycles. The van der Waals surface area contributed by atoms with Crippen molar-refractivity contribution in [1.29, 1.82) is 0 Å². The number of carbonyl (C=O) groups excluding carboxylic acids is 1. The molecule has 1 aliphatic rings. The molecule has 1 aromatic rings. The zero-order chi connectivity index (χ0) is 17.7. The second-order valence-corrected chi connectivity index (χ2v) is 6.49. The highest BCUT2D eigenvalue weighted by molar-refractivity contribution is 5.74. The summed E-state index contributed by atoms with van der Waals surface area (Å²) in [4.78, 5) is 22.9. The van der Waals surface area contributed by atoms with E-state index in [1.807, 2.05) is 0 Å². The van der Waals surface area contributed by atoms with Gasteiger partial charge in [-0.25, -0.2) is 9.18 Å². The van der Waals surface area contributed by atoms with Gasteiger partial charge in [-0.05, 0) is 50.3 Å². The topological polar surface area (TPSA) is 98.7 Å². The number of carboxylic acid groups (broad SMARTS) is 1. The largest absolute Gasteiger partial charge is 0.481 e. The lowest BCUT2D eigenvalue weighted by molar-refractivity contribution is -0.142. The fourth-order valence-electron chi connectivity index (χ4n) is 2.88. The van der Waals surface area contributed by atoms with Gasteiger partial charge in [-0.15, -0.1) is 0 Å². The van der Waals surface area contributed by atoms with E-state index < -0.39 is 23.4 Å². The summed E-state index contributed by atoms with van der Waals surface area (Å²) in [6.45, 7) is 1.52. The Labute approximate surface area is 140 Å². The van der Waals surface area contributed by atoms with Gasteiger partial charge in [-0.1, -0.05) is 12.1 Å². The number of carboxylic acids is 1. The molecule has 0 aliphatic heterocycles. The molecule has 4 N–H and O–H groups in total. The first-order valence-electron chi connectivity index (χ1n) is 8.03. The number of benzene rings is 1. The molecule has 24 heavy (non-hydrogen) atoms. The highest BCUT2D eigenvalue weighted by Gasteiger charge is 2.28. The van der Waals surface area contributed by atoms with Crippen LogP contribution in [0, 0.1) is 11.7 Å². The number of nitrogens with one attached hydrogen (secondary N) is 2. The van der Waals surface area contributed by atoms with E-state index in [2.05, 4.69) is 10.6 Å². The number of aliphatic hydroxyl groups is 1. The fraction of sp³-hybridized carbons (Fsp3) is 0.529. The molecule has 0 aromatic heterocycles. The monoisotopic (exact) mass is 338 g/mol. The third-order valence-electron chi connectivity index (χ3n) is 4.47. The molecular formula is C17H23FN2O4. The Bertz CT molecular complexity index is 581. The van der Waals surface area contributed by atoms with Gasteiger partial charge in [0.2, 0.25) is 0 Å². The van der Waals surface area contributed by atoms with Gasteiger partial charge in [-0.3, -0.25) is 4.79 Å². The number of halogens is 1. The van der Waals surface area contributed by atoms with E-state index in [0.717, 1.165) is 0 Å². The van der Waals surface area contributed by atoms with E-state index in [-0.39, 0.29) is 18.5 Å². The zero-order valence-electron chi connectivity index (χ0n) is 13.6. The minimum Gasteiger partial charge on any atom is -0.481 e. The minimum absolute atomic E-state index is 0.0189. The van der Waals surface area contributed by atoms with Crippen LogP contribution in [-0.4, -0.2) is 34.8 Å². The summed E-state index contributed by atoms with van der Waals surface area (Å²) in [6, 6.07) is 4.99. The third kappa shape index (κ3) is 4.92. The van der Waals surface area contributed by atoms with Crippen molar-refractivity contribution in [3.63, 3.8) is 0 Å². The van der Waals surface area contributed by atoms with Crippen LogP contribution in [0.5, 0.6) is 0 Å². The van der Waals surface area contributed by atoms with Crippen LogP contribution in [0.25, 0.3) is 0 Å². The maximum absolute atomic E-state index is 12.9. The van der Waals surface area contributed by atoms with E-state index in [0.29, 0.717) is 31.2 Å². The van der Waals surface area contributed by atoms with Gasteiger partial charge in [0.15, 0.2) is 0 Å². The summed E-state index contributed by atoms with van der Waals surface area (Å²) >= 11 is 0. The number of carbonyl (C=O) groups is 2. The van der Waals surface area contributed by atoms with Crippen LogP contribution in [-0.2, 0) is 10.4 Å². The van der Waals surface area contributed by atoms with Crippen molar-refractivity contribution in [2.75, 3.05) is 6.54 Å². The Balaban J connectivity index is 1.78. The molecule has 0 radical (unpaired) electrons. The first-order valence-corrected chi connectivity index (χ1v) is 8.03. The Hall–Kier alpha value is -2.15. The van der Waals surface area contributed by atoms with Crippen molar-refractivity contribution in [2.24, 2.45) is 5.92 Å². The van der Waals surface area contributed by atoms with Crippen LogP contribution in [0.15, 0.2) is 24.3 Å². The van der Waals surface area contributed by atoms with Gasteiger partial charge in [0.1, 0.15) is 11.4 Å². The standard InChI is InChI=1S/C17H23FN2O4/c1-17(24,12-4-6-13(18)7-5-12)10-19-16(23)20-14-8-2-11(3-9-14)15(21)22/h4-7,11,14,24H,2-3,8-10H2,1H3,(H,21,22)(H2,19,20,23). The maximum Gasteiger partial charge on any atom is 0.315 e. The lowest BCUT2D eigenvalue weighted by atomic mass is 9.86. The minimum atomic E-state index is -1.31. The molecule has 1 atom stereocenters. The molecule has 0 bridgehead atoms. The SMILES string of the molecule is CC(O)(CNC(=O)NC1CCC(C(=O)O)CC1)c1ccc(F)cc1. The third-order valence-corrected chi connectivity index (χ3v) is 4.47. The molecule has 1 fully saturated rings. The number of hydrogen-bond donors (Lipinski definition) is 4. The Kier molecular flexibility index (Phi) is 5.77. The first kappa shape index (κ1) is 18.2. The van der Waals surface area contributed by atoms with Crippen molar-refractivity contribution in [1.82, 2.24) is 10.6 Å². The molecule has 2 rings (SSSR count). The Morgan fingerprint density at radius 2 is 1.79 bits per heavy atom. The lowest BCUT2D eigenvalue weighted by Crippen LogP contribution is -2.47. The maximum atomic E-state index is 12.9. The highest BCUT2D eigenvalue weighted by Crippen LogP contribution is 2.24. The van der Waals surface area contributed by atoms with Crippen molar-refractivity contribution in [3.05, 3.63) is 35.6 Å². The van der Waals surface area contributed by atoms with E-state index in [1.54, 1.807) is 6.92 Å². The van der Waals surface area contributed by atoms with Crippen LogP contribution >= 0.6 is 0 Å². The molecule has 0 spiro atoms. The van der Waals surface area contributed by atoms with E-state index >= 15 is 0 Å². The Morgan fingerprint density at radius 1 is 1.21 bits per heavy atom. The average Bonchev–Trinajstić information content (AvgIpc) is 2.54. The van der Waals surface area contributed by atoms with Crippen LogP contribution in [0.1, 0.15) is 38.2 Å². The molecule has 0 saturated heterocycles. The molecular weight excluding hydrogens is 315 g/mol. The first-order chi connectivity index (χ1) is 11.3. The van der Waals surface area contributed by atoms with Gasteiger partial charge < -0.3 is 20.8 Å². The predicted octanol–water partition coefficient (Wildman–Crippen LogP) is 1.98. The number of urea groups is 1. The summed E-state index contributed by atoms with van der Waals surface area (Å²) in [5, 5.41) is 24.8. The number of aliphatic carboxylic acids is 1. The van der Waals surface area contributed by atoms with Crippen LogP contribution in [0.2, 0.25) is 0 Å². The highest BCUT2D eigenvalue weighted by atomic mass is 19.1. The van der Waals surface area contributed by atoms with Crippen molar-refractivity contribution >= 4 is 12.0 Å². The van der Waals surface area contributed by atoms with E-state index in [1.165, 1.54) is 24.3 Å². The molecule has 2 amide bonds. The molecule has 6 nitrogen and oxygen atoms in total. The van der Waals surface area contributed by atoms with Gasteiger partial charge in [0.05, 0.1) is 12.5 Å². The van der Waals surface area contributed by atoms with Gasteiger partial charge >= 0.3 is 12.0 Å². The van der Waals surface area contributed by atoms with Gasteiger partial charge in [0, 0.05) is 6.04 Å². The van der Waals surface area contributed by atoms with Crippen LogP contribution in [0.3, 0.4) is 0 Å². The molecule has 132 valence electrons. The van der Waals surface area contributed by atoms with Crippen molar-refractivity contribution < 1.29 is 24.2 Å². The molecule has 1 aromatic carbocycles. The summed E-state index contributed by atoms with van der Waals surface area (Å²) in [6.07, 6.45) is 2.35. The fourth-order valence-corrected chi connectivity index (χ4v) is 2.88. The zero-order valence-corrected chi connectivity index (χ0v) is 13.6. The second-order valence-electron chi connectivity index (χ2n) is 6.49. The molecule has 1 saturated carbocycles. The van der Waals surface area contributed by atoms with Crippen LogP contribution < -0.4 is 10.6 Å². The average molecular weight is 338 g/mol. The quantitative estimate of drug-likeness (QED) is 0.660. The summed E-state index contributed by atoms with van der Waals surface area (Å²) in [7, 11) is 0. The second kappa shape index (κ2) is 7.61. The van der Waals surface area contributed by atoms with Crippen molar-refractivity contribution in [3.8, 4) is 0 Å². The molecule has 0 heterocycles. The normalized spacial score (nSPS) is 23.1. The summed E-state index contributed by atoms with van der Waals surface area (Å²) < 4.78 is 12.9. The number of amides is 2. The smallest absolute Gasteiger partial charge is 0.315 e. The summed E-state index contributed by atoms with van der Waals surface area (Å²) in [5.74, 6) is -1.50. The van der Waals surface area contributed by atoms with E-state index in [4.69, 9.17) is 5.11 Å². The molecule has 7 heteroatoms. The lowest BCUT2D eigenvalue weighted by Gasteiger charge is -2.28.